The van der Waals surface area contributed by atoms with Crippen LogP contribution in [0.15, 0.2) is 41.4 Å². The van der Waals surface area contributed by atoms with Gasteiger partial charge in [-0.15, -0.1) is 11.8 Å². The number of hydrogen-bond acceptors (Lipinski definition) is 2. The topological polar surface area (TPSA) is 39.6 Å². The molecule has 0 saturated heterocycles. The molecule has 0 atom stereocenters. The lowest BCUT2D eigenvalue weighted by atomic mass is 10.1. The molecule has 0 amide bonds. The van der Waals surface area contributed by atoms with Crippen LogP contribution >= 0.6 is 11.8 Å². The Hall–Kier alpha value is -1.66. The van der Waals surface area contributed by atoms with E-state index in [1.807, 2.05) is 36.4 Å². The second kappa shape index (κ2) is 4.91. The Bertz CT molecular complexity index is 508. The number of benzene rings is 1. The number of aromatic amines is 1. The molecule has 0 radical (unpaired) electrons. The van der Waals surface area contributed by atoms with Crippen molar-refractivity contribution in [1.29, 1.82) is 5.26 Å². The van der Waals surface area contributed by atoms with Gasteiger partial charge in [0.2, 0.25) is 0 Å². The van der Waals surface area contributed by atoms with E-state index in [1.165, 1.54) is 0 Å². The highest BCUT2D eigenvalue weighted by atomic mass is 32.2. The number of nitriles is 1. The third kappa shape index (κ3) is 2.12. The summed E-state index contributed by atoms with van der Waals surface area (Å²) in [6, 6.07) is 14.2. The van der Waals surface area contributed by atoms with Crippen molar-refractivity contribution < 1.29 is 0 Å². The van der Waals surface area contributed by atoms with Crippen LogP contribution in [-0.4, -0.2) is 10.7 Å². The Kier molecular flexibility index (Phi) is 3.33. The summed E-state index contributed by atoms with van der Waals surface area (Å²) in [6.45, 7) is 2.08. The summed E-state index contributed by atoms with van der Waals surface area (Å²) in [4.78, 5) is 3.29. The molecule has 16 heavy (non-hydrogen) atoms. The Morgan fingerprint density at radius 2 is 2.06 bits per heavy atom. The van der Waals surface area contributed by atoms with E-state index in [-0.39, 0.29) is 0 Å². The molecule has 1 aromatic heterocycles. The lowest BCUT2D eigenvalue weighted by Gasteiger charge is -1.96. The first-order valence-electron chi connectivity index (χ1n) is 5.16. The first-order valence-corrected chi connectivity index (χ1v) is 6.15. The smallest absolute Gasteiger partial charge is 0.102 e. The fourth-order valence-electron chi connectivity index (χ4n) is 1.55. The van der Waals surface area contributed by atoms with E-state index < -0.39 is 0 Å². The first kappa shape index (κ1) is 10.8. The third-order valence-corrected chi connectivity index (χ3v) is 3.17. The molecular weight excluding hydrogens is 216 g/mol. The summed E-state index contributed by atoms with van der Waals surface area (Å²) in [5.41, 5.74) is 2.85. The molecule has 0 saturated carbocycles. The normalized spacial score (nSPS) is 10.0. The first-order chi connectivity index (χ1) is 7.85. The summed E-state index contributed by atoms with van der Waals surface area (Å²) in [7, 11) is 0. The number of nitrogens with one attached hydrogen (secondary N) is 1. The molecule has 0 spiro atoms. The summed E-state index contributed by atoms with van der Waals surface area (Å²) < 4.78 is 0. The molecule has 0 bridgehead atoms. The molecule has 2 nitrogen and oxygen atoms in total. The van der Waals surface area contributed by atoms with Crippen molar-refractivity contribution >= 4 is 11.8 Å². The molecule has 0 aliphatic carbocycles. The minimum atomic E-state index is 0.728. The minimum Gasteiger partial charge on any atom is -0.349 e. The highest BCUT2D eigenvalue weighted by Gasteiger charge is 2.08. The molecule has 2 rings (SSSR count). The van der Waals surface area contributed by atoms with Crippen LogP contribution in [0.5, 0.6) is 0 Å². The summed E-state index contributed by atoms with van der Waals surface area (Å²) in [5, 5.41) is 9.98. The highest BCUT2D eigenvalue weighted by Crippen LogP contribution is 2.27. The second-order valence-corrected chi connectivity index (χ2v) is 4.61. The van der Waals surface area contributed by atoms with Gasteiger partial charge < -0.3 is 4.98 Å². The van der Waals surface area contributed by atoms with E-state index in [1.54, 1.807) is 11.8 Å². The minimum absolute atomic E-state index is 0.728. The van der Waals surface area contributed by atoms with E-state index in [9.17, 15) is 0 Å². The van der Waals surface area contributed by atoms with Crippen LogP contribution in [0.25, 0.3) is 11.3 Å². The number of nitrogens with zero attached hydrogens (tertiary/aromatic N) is 1. The van der Waals surface area contributed by atoms with Crippen LogP contribution in [0.2, 0.25) is 0 Å². The van der Waals surface area contributed by atoms with Gasteiger partial charge in [-0.25, -0.2) is 0 Å². The van der Waals surface area contributed by atoms with Crippen LogP contribution in [0.4, 0.5) is 0 Å². The maximum atomic E-state index is 9.02. The van der Waals surface area contributed by atoms with Gasteiger partial charge in [0.15, 0.2) is 0 Å². The Balaban J connectivity index is 2.41. The van der Waals surface area contributed by atoms with Crippen LogP contribution < -0.4 is 0 Å². The van der Waals surface area contributed by atoms with E-state index in [0.29, 0.717) is 0 Å². The van der Waals surface area contributed by atoms with Crippen LogP contribution in [0.3, 0.4) is 0 Å². The largest absolute Gasteiger partial charge is 0.349 e. The van der Waals surface area contributed by atoms with Gasteiger partial charge in [0.1, 0.15) is 6.07 Å². The van der Waals surface area contributed by atoms with E-state index in [4.69, 9.17) is 5.26 Å². The molecule has 80 valence electrons. The lowest BCUT2D eigenvalue weighted by molar-refractivity contribution is 1.19. The summed E-state index contributed by atoms with van der Waals surface area (Å²) in [6.07, 6.45) is 0. The SMILES string of the molecule is CCSc1[nH]c(-c2ccccc2)cc1C#N. The molecule has 2 aromatic rings. The van der Waals surface area contributed by atoms with Gasteiger partial charge in [-0.2, -0.15) is 5.26 Å². The van der Waals surface area contributed by atoms with Gasteiger partial charge in [-0.05, 0) is 17.4 Å². The average molecular weight is 228 g/mol. The molecule has 1 heterocycles. The van der Waals surface area contributed by atoms with Crippen molar-refractivity contribution in [2.45, 2.75) is 11.9 Å². The van der Waals surface area contributed by atoms with Gasteiger partial charge in [0.05, 0.1) is 10.6 Å². The van der Waals surface area contributed by atoms with Gasteiger partial charge in [0.25, 0.3) is 0 Å². The Morgan fingerprint density at radius 3 is 2.69 bits per heavy atom. The van der Waals surface area contributed by atoms with E-state index in [0.717, 1.165) is 27.6 Å². The zero-order chi connectivity index (χ0) is 11.4. The van der Waals surface area contributed by atoms with Gasteiger partial charge in [-0.1, -0.05) is 37.3 Å². The molecule has 1 aromatic carbocycles. The maximum absolute atomic E-state index is 9.02. The Labute approximate surface area is 99.3 Å². The average Bonchev–Trinajstić information content (AvgIpc) is 2.74. The molecule has 0 aliphatic rings. The Morgan fingerprint density at radius 1 is 1.31 bits per heavy atom. The van der Waals surface area contributed by atoms with Crippen molar-refractivity contribution in [1.82, 2.24) is 4.98 Å². The van der Waals surface area contributed by atoms with Gasteiger partial charge >= 0.3 is 0 Å². The highest BCUT2D eigenvalue weighted by molar-refractivity contribution is 7.99. The van der Waals surface area contributed by atoms with Gasteiger partial charge in [0, 0.05) is 5.69 Å². The number of rotatable bonds is 3. The monoisotopic (exact) mass is 228 g/mol. The molecule has 3 heteroatoms. The quantitative estimate of drug-likeness (QED) is 0.814. The second-order valence-electron chi connectivity index (χ2n) is 3.34. The molecule has 0 unspecified atom stereocenters. The maximum Gasteiger partial charge on any atom is 0.102 e. The number of hydrogen-bond donors (Lipinski definition) is 1. The van der Waals surface area contributed by atoms with Crippen molar-refractivity contribution in [2.75, 3.05) is 5.75 Å². The number of thioether (sulfide) groups is 1. The fraction of sp³-hybridized carbons (Fsp3) is 0.154. The van der Waals surface area contributed by atoms with E-state index in [2.05, 4.69) is 18.0 Å². The summed E-state index contributed by atoms with van der Waals surface area (Å²) >= 11 is 1.66. The van der Waals surface area contributed by atoms with Crippen LogP contribution in [-0.2, 0) is 0 Å². The predicted octanol–water partition coefficient (Wildman–Crippen LogP) is 3.67. The molecule has 1 N–H and O–H groups in total. The lowest BCUT2D eigenvalue weighted by Crippen LogP contribution is -1.78. The predicted molar refractivity (Wildman–Crippen MR) is 67.3 cm³/mol. The van der Waals surface area contributed by atoms with Crippen molar-refractivity contribution in [3.8, 4) is 17.3 Å². The van der Waals surface area contributed by atoms with Crippen molar-refractivity contribution in [3.05, 3.63) is 42.0 Å². The molecular formula is C13H12N2S. The van der Waals surface area contributed by atoms with Gasteiger partial charge in [-0.3, -0.25) is 0 Å². The zero-order valence-corrected chi connectivity index (χ0v) is 9.84. The van der Waals surface area contributed by atoms with E-state index >= 15 is 0 Å². The van der Waals surface area contributed by atoms with Crippen LogP contribution in [0, 0.1) is 11.3 Å². The molecule has 0 fully saturated rings. The molecule has 0 aliphatic heterocycles. The van der Waals surface area contributed by atoms with Crippen molar-refractivity contribution in [3.63, 3.8) is 0 Å². The van der Waals surface area contributed by atoms with Crippen LogP contribution in [0.1, 0.15) is 12.5 Å². The third-order valence-electron chi connectivity index (χ3n) is 2.28. The number of aromatic nitrogens is 1. The van der Waals surface area contributed by atoms with Crippen molar-refractivity contribution in [2.24, 2.45) is 0 Å². The summed E-state index contributed by atoms with van der Waals surface area (Å²) in [5.74, 6) is 0.962. The fourth-order valence-corrected chi connectivity index (χ4v) is 2.28. The zero-order valence-electron chi connectivity index (χ0n) is 9.03. The standard InChI is InChI=1S/C13H12N2S/c1-2-16-13-11(9-14)8-12(15-13)10-6-4-3-5-7-10/h3-8,15H,2H2,1H3. The number of H-pyrrole nitrogens is 1.